The molecule has 3 aliphatic rings. The Morgan fingerprint density at radius 1 is 1.05 bits per heavy atom. The predicted molar refractivity (Wildman–Crippen MR) is 151 cm³/mol. The third-order valence-electron chi connectivity index (χ3n) is 8.23. The van der Waals surface area contributed by atoms with Gasteiger partial charge in [-0.05, 0) is 32.3 Å². The number of carbonyl (C=O) groups is 4. The molecule has 2 bridgehead atoms. The van der Waals surface area contributed by atoms with Gasteiger partial charge in [-0.1, -0.05) is 32.1 Å². The van der Waals surface area contributed by atoms with Crippen LogP contribution in [0, 0.1) is 11.8 Å². The molecule has 2 unspecified atom stereocenters. The molecule has 0 aromatic heterocycles. The van der Waals surface area contributed by atoms with Gasteiger partial charge in [-0.15, -0.1) is 0 Å². The Morgan fingerprint density at radius 3 is 2.31 bits per heavy atom. The molecule has 2 heterocycles. The Hall–Kier alpha value is -3.16. The Kier molecular flexibility index (Phi) is 11.0. The number of hydrogen-bond donors (Lipinski definition) is 2. The summed E-state index contributed by atoms with van der Waals surface area (Å²) in [4.78, 5) is 50.9. The number of nitrogens with one attached hydrogen (secondary N) is 1. The lowest BCUT2D eigenvalue weighted by molar-refractivity contribution is -0.120. The first-order valence-corrected chi connectivity index (χ1v) is 13.8. The molecule has 0 spiro atoms. The second kappa shape index (κ2) is 13.9. The fraction of sp³-hybridized carbons (Fsp3) is 0.600. The van der Waals surface area contributed by atoms with Crippen molar-refractivity contribution in [1.29, 1.82) is 0 Å². The van der Waals surface area contributed by atoms with E-state index < -0.39 is 65.8 Å². The van der Waals surface area contributed by atoms with Crippen LogP contribution in [0.2, 0.25) is 0 Å². The quantitative estimate of drug-likeness (QED) is 0.357. The number of rotatable bonds is 5. The number of ketones is 2. The number of fused-ring (bicyclic) bond motifs is 3. The average molecular weight is 591 g/mol. The lowest BCUT2D eigenvalue weighted by Crippen LogP contribution is -2.47. The van der Waals surface area contributed by atoms with Crippen molar-refractivity contribution in [3.63, 3.8) is 0 Å². The van der Waals surface area contributed by atoms with Crippen molar-refractivity contribution in [2.45, 2.75) is 76.3 Å². The largest absolute Gasteiger partial charge is 0.440 e. The first kappa shape index (κ1) is 33.3. The fourth-order valence-corrected chi connectivity index (χ4v) is 5.97. The molecule has 0 radical (unpaired) electrons. The highest BCUT2D eigenvalue weighted by Crippen LogP contribution is 2.48. The van der Waals surface area contributed by atoms with Gasteiger partial charge in [0.25, 0.3) is 5.91 Å². The molecular formula is C30H42N2O10. The minimum Gasteiger partial charge on any atom is -0.440 e. The van der Waals surface area contributed by atoms with Crippen LogP contribution >= 0.6 is 0 Å². The smallest absolute Gasteiger partial charge is 0.404 e. The van der Waals surface area contributed by atoms with Gasteiger partial charge in [0.05, 0.1) is 30.1 Å². The maximum Gasteiger partial charge on any atom is 0.404 e. The molecule has 42 heavy (non-hydrogen) atoms. The molecule has 1 fully saturated rings. The zero-order valence-electron chi connectivity index (χ0n) is 25.4. The number of methoxy groups -OCH3 is 4. The summed E-state index contributed by atoms with van der Waals surface area (Å²) in [5.74, 6) is -2.10. The van der Waals surface area contributed by atoms with Crippen LogP contribution < -0.4 is 11.1 Å². The summed E-state index contributed by atoms with van der Waals surface area (Å²) in [6, 6.07) is 0. The van der Waals surface area contributed by atoms with E-state index in [-0.39, 0.29) is 28.7 Å². The van der Waals surface area contributed by atoms with Crippen molar-refractivity contribution < 1.29 is 47.6 Å². The minimum atomic E-state index is -0.992. The number of amides is 2. The van der Waals surface area contributed by atoms with Crippen LogP contribution in [0.15, 0.2) is 47.2 Å². The molecule has 2 aliphatic heterocycles. The lowest BCUT2D eigenvalue weighted by atomic mass is 9.81. The van der Waals surface area contributed by atoms with Crippen molar-refractivity contribution in [3.8, 4) is 0 Å². The Labute approximate surface area is 246 Å². The van der Waals surface area contributed by atoms with Crippen LogP contribution in [0.4, 0.5) is 4.79 Å². The van der Waals surface area contributed by atoms with Gasteiger partial charge in [0.1, 0.15) is 11.7 Å². The fourth-order valence-electron chi connectivity index (χ4n) is 5.97. The van der Waals surface area contributed by atoms with Crippen LogP contribution in [0.25, 0.3) is 0 Å². The first-order valence-electron chi connectivity index (χ1n) is 13.8. The monoisotopic (exact) mass is 590 g/mol. The summed E-state index contributed by atoms with van der Waals surface area (Å²) in [7, 11) is 6.04. The van der Waals surface area contributed by atoms with E-state index in [0.29, 0.717) is 6.42 Å². The van der Waals surface area contributed by atoms with Crippen LogP contribution in [0.5, 0.6) is 0 Å². The van der Waals surface area contributed by atoms with E-state index in [1.807, 2.05) is 13.8 Å². The van der Waals surface area contributed by atoms with Gasteiger partial charge >= 0.3 is 6.09 Å². The molecule has 0 aromatic carbocycles. The van der Waals surface area contributed by atoms with Gasteiger partial charge in [0.15, 0.2) is 11.9 Å². The summed E-state index contributed by atoms with van der Waals surface area (Å²) < 4.78 is 34.8. The molecule has 12 nitrogen and oxygen atoms in total. The third-order valence-corrected chi connectivity index (χ3v) is 8.23. The number of carbonyl (C=O) groups excluding carboxylic acids is 4. The van der Waals surface area contributed by atoms with Crippen LogP contribution in [-0.4, -0.2) is 94.2 Å². The predicted octanol–water partition coefficient (Wildman–Crippen LogP) is 1.92. The van der Waals surface area contributed by atoms with E-state index in [0.717, 1.165) is 6.08 Å². The number of primary amides is 1. The van der Waals surface area contributed by atoms with Crippen molar-refractivity contribution in [2.75, 3.05) is 28.4 Å². The number of Topliss-reactive ketones (excluding diaryl/α,β-unsaturated/α-hetero) is 1. The van der Waals surface area contributed by atoms with Crippen molar-refractivity contribution in [1.82, 2.24) is 5.32 Å². The number of ether oxygens (including phenoxy) is 6. The highest BCUT2D eigenvalue weighted by Gasteiger charge is 2.64. The zero-order valence-corrected chi connectivity index (χ0v) is 25.4. The van der Waals surface area contributed by atoms with Crippen LogP contribution in [0.1, 0.15) is 34.1 Å². The summed E-state index contributed by atoms with van der Waals surface area (Å²) in [6.07, 6.45) is 2.53. The summed E-state index contributed by atoms with van der Waals surface area (Å²) >= 11 is 0. The number of hydrogen-bond acceptors (Lipinski definition) is 10. The Morgan fingerprint density at radius 2 is 1.74 bits per heavy atom. The maximum absolute atomic E-state index is 13.4. The topological polar surface area (TPSA) is 165 Å². The van der Waals surface area contributed by atoms with E-state index in [1.54, 1.807) is 40.2 Å². The molecule has 0 aromatic rings. The molecule has 9 atom stereocenters. The van der Waals surface area contributed by atoms with Gasteiger partial charge in [-0.3, -0.25) is 14.4 Å². The Bertz CT molecular complexity index is 1190. The van der Waals surface area contributed by atoms with Crippen LogP contribution in [-0.2, 0) is 42.8 Å². The molecule has 1 aliphatic carbocycles. The molecular weight excluding hydrogens is 548 g/mol. The van der Waals surface area contributed by atoms with Gasteiger partial charge < -0.3 is 39.5 Å². The van der Waals surface area contributed by atoms with Crippen molar-refractivity contribution in [2.24, 2.45) is 17.6 Å². The lowest BCUT2D eigenvalue weighted by Gasteiger charge is -2.34. The van der Waals surface area contributed by atoms with E-state index in [1.165, 1.54) is 26.4 Å². The van der Waals surface area contributed by atoms with Gasteiger partial charge in [-0.25, -0.2) is 4.79 Å². The summed E-state index contributed by atoms with van der Waals surface area (Å²) in [6.45, 7) is 7.18. The van der Waals surface area contributed by atoms with E-state index >= 15 is 0 Å². The molecule has 3 N–H and O–H groups in total. The van der Waals surface area contributed by atoms with E-state index in [2.05, 4.69) is 5.32 Å². The maximum atomic E-state index is 13.4. The van der Waals surface area contributed by atoms with E-state index in [9.17, 15) is 19.2 Å². The van der Waals surface area contributed by atoms with Crippen molar-refractivity contribution in [3.05, 3.63) is 47.2 Å². The molecule has 232 valence electrons. The average Bonchev–Trinajstić information content (AvgIpc) is 3.64. The molecule has 12 heteroatoms. The third kappa shape index (κ3) is 7.07. The molecule has 0 saturated carbocycles. The Balaban J connectivity index is 2.09. The minimum absolute atomic E-state index is 0.136. The van der Waals surface area contributed by atoms with E-state index in [4.69, 9.17) is 34.2 Å². The second-order valence-corrected chi connectivity index (χ2v) is 11.1. The highest BCUT2D eigenvalue weighted by molar-refractivity contribution is 6.22. The summed E-state index contributed by atoms with van der Waals surface area (Å²) in [5.41, 5.74) is 4.68. The number of epoxide rings is 1. The van der Waals surface area contributed by atoms with Crippen LogP contribution in [0.3, 0.4) is 0 Å². The molecule has 1 saturated heterocycles. The number of allylic oxidation sites excluding steroid dienone is 5. The normalized spacial score (nSPS) is 38.3. The first-order chi connectivity index (χ1) is 19.8. The van der Waals surface area contributed by atoms with Gasteiger partial charge in [-0.2, -0.15) is 0 Å². The molecule has 3 rings (SSSR count). The van der Waals surface area contributed by atoms with Gasteiger partial charge in [0, 0.05) is 51.6 Å². The zero-order chi connectivity index (χ0) is 31.4. The SMILES string of the molecule is CO[C@H]1[C@@H](OC)C[C@H](C)[C@@H](OC)C2=CC(=O)C=C(NC(=O)/C(C)=C/C=C\[C@@H](OC)[C@@H](OC(N)=O)C3(C)OC3[C@@H]1C)C2=O. The summed E-state index contributed by atoms with van der Waals surface area (Å²) in [5, 5.41) is 2.55. The standard InChI is InChI=1S/C30H42N2O10/c1-15-10-9-11-21(37-5)27(41-29(31)36)30(4)26(42-30)17(3)25(40-8)22(38-6)12-16(2)24(39-7)19-13-18(33)14-20(23(19)34)32-28(15)35/h9-11,13-14,16-17,21-22,24-27H,12H2,1-8H3,(H2,31,36)(H,32,35)/b11-9-,15-10+/t16-,17+,21+,22-,24+,25+,26?,27+,30?/m0/s1. The highest BCUT2D eigenvalue weighted by atomic mass is 16.7. The second-order valence-electron chi connectivity index (χ2n) is 11.1. The molecule has 2 amide bonds. The van der Waals surface area contributed by atoms with Gasteiger partial charge in [0.2, 0.25) is 5.78 Å². The van der Waals surface area contributed by atoms with Crippen molar-refractivity contribution >= 4 is 23.6 Å². The number of nitrogens with two attached hydrogens (primary N) is 1.